The zero-order chi connectivity index (χ0) is 19.4. The standard InChI is InChI=1S/C19H20N2O5S/c1-25-13-7-3-2-5-11(13)9-16(23)26-10-15(22)21-19-17(18(20)24)12-6-4-8-14(12)27-19/h2-3,5,7H,4,6,8-10H2,1H3,(H2,20,24)(H,21,22). The lowest BCUT2D eigenvalue weighted by Gasteiger charge is -2.09. The monoisotopic (exact) mass is 388 g/mol. The summed E-state index contributed by atoms with van der Waals surface area (Å²) in [6.07, 6.45) is 2.64. The van der Waals surface area contributed by atoms with Gasteiger partial charge in [0.15, 0.2) is 6.61 Å². The smallest absolute Gasteiger partial charge is 0.310 e. The quantitative estimate of drug-likeness (QED) is 0.706. The minimum Gasteiger partial charge on any atom is -0.496 e. The maximum atomic E-state index is 12.1. The second-order valence-corrected chi connectivity index (χ2v) is 7.23. The van der Waals surface area contributed by atoms with E-state index >= 15 is 0 Å². The predicted octanol–water partition coefficient (Wildman–Crippen LogP) is 2.07. The molecule has 1 aliphatic rings. The Balaban J connectivity index is 1.57. The third-order valence-electron chi connectivity index (χ3n) is 4.31. The molecule has 0 aliphatic heterocycles. The summed E-state index contributed by atoms with van der Waals surface area (Å²) < 4.78 is 10.2. The van der Waals surface area contributed by atoms with Crippen molar-refractivity contribution in [2.24, 2.45) is 5.73 Å². The van der Waals surface area contributed by atoms with Crippen LogP contribution in [-0.4, -0.2) is 31.5 Å². The van der Waals surface area contributed by atoms with E-state index in [0.717, 1.165) is 29.7 Å². The summed E-state index contributed by atoms with van der Waals surface area (Å²) >= 11 is 1.36. The Kier molecular flexibility index (Phi) is 5.75. The van der Waals surface area contributed by atoms with Crippen molar-refractivity contribution >= 4 is 34.1 Å². The molecule has 0 atom stereocenters. The zero-order valence-corrected chi connectivity index (χ0v) is 15.7. The number of nitrogens with two attached hydrogens (primary N) is 1. The Morgan fingerprint density at radius 1 is 1.22 bits per heavy atom. The molecule has 1 aliphatic carbocycles. The van der Waals surface area contributed by atoms with Gasteiger partial charge in [-0.25, -0.2) is 0 Å². The Hall–Kier alpha value is -2.87. The summed E-state index contributed by atoms with van der Waals surface area (Å²) in [4.78, 5) is 36.9. The van der Waals surface area contributed by atoms with Crippen molar-refractivity contribution in [3.05, 3.63) is 45.8 Å². The van der Waals surface area contributed by atoms with Crippen LogP contribution in [0.5, 0.6) is 5.75 Å². The molecule has 0 radical (unpaired) electrons. The van der Waals surface area contributed by atoms with Gasteiger partial charge in [0.25, 0.3) is 11.8 Å². The van der Waals surface area contributed by atoms with Gasteiger partial charge in [-0.05, 0) is 30.9 Å². The highest BCUT2D eigenvalue weighted by molar-refractivity contribution is 7.17. The number of aryl methyl sites for hydroxylation is 1. The minimum absolute atomic E-state index is 0.00285. The van der Waals surface area contributed by atoms with Gasteiger partial charge in [-0.2, -0.15) is 0 Å². The van der Waals surface area contributed by atoms with Crippen LogP contribution in [0.2, 0.25) is 0 Å². The van der Waals surface area contributed by atoms with Gasteiger partial charge in [0.1, 0.15) is 10.8 Å². The highest BCUT2D eigenvalue weighted by Crippen LogP contribution is 2.38. The highest BCUT2D eigenvalue weighted by Gasteiger charge is 2.26. The molecule has 0 saturated carbocycles. The lowest BCUT2D eigenvalue weighted by Crippen LogP contribution is -2.23. The van der Waals surface area contributed by atoms with Crippen molar-refractivity contribution in [2.45, 2.75) is 25.7 Å². The number of nitrogens with one attached hydrogen (secondary N) is 1. The third kappa shape index (κ3) is 4.28. The molecule has 8 heteroatoms. The van der Waals surface area contributed by atoms with Gasteiger partial charge >= 0.3 is 5.97 Å². The summed E-state index contributed by atoms with van der Waals surface area (Å²) in [7, 11) is 1.52. The Bertz CT molecular complexity index is 890. The van der Waals surface area contributed by atoms with Crippen LogP contribution in [0.25, 0.3) is 0 Å². The normalized spacial score (nSPS) is 12.3. The molecule has 0 spiro atoms. The Morgan fingerprint density at radius 2 is 2.00 bits per heavy atom. The van der Waals surface area contributed by atoms with Crippen LogP contribution in [0, 0.1) is 0 Å². The molecule has 3 rings (SSSR count). The molecular weight excluding hydrogens is 368 g/mol. The molecule has 0 fully saturated rings. The van der Waals surface area contributed by atoms with Crippen LogP contribution >= 0.6 is 11.3 Å². The number of anilines is 1. The maximum Gasteiger partial charge on any atom is 0.310 e. The second-order valence-electron chi connectivity index (χ2n) is 6.12. The molecule has 1 heterocycles. The van der Waals surface area contributed by atoms with Gasteiger partial charge < -0.3 is 20.5 Å². The molecule has 0 bridgehead atoms. The van der Waals surface area contributed by atoms with Gasteiger partial charge in [0, 0.05) is 10.4 Å². The molecule has 1 aromatic carbocycles. The van der Waals surface area contributed by atoms with E-state index in [1.165, 1.54) is 18.4 Å². The minimum atomic E-state index is -0.558. The van der Waals surface area contributed by atoms with E-state index in [2.05, 4.69) is 5.32 Å². The second kappa shape index (κ2) is 8.22. The SMILES string of the molecule is COc1ccccc1CC(=O)OCC(=O)Nc1sc2c(c1C(N)=O)CCC2. The van der Waals surface area contributed by atoms with Gasteiger partial charge in [-0.15, -0.1) is 11.3 Å². The van der Waals surface area contributed by atoms with Crippen LogP contribution in [0.3, 0.4) is 0 Å². The van der Waals surface area contributed by atoms with Gasteiger partial charge in [0.05, 0.1) is 19.1 Å². The number of fused-ring (bicyclic) bond motifs is 1. The first-order valence-electron chi connectivity index (χ1n) is 8.51. The Labute approximate surface area is 160 Å². The van der Waals surface area contributed by atoms with E-state index in [9.17, 15) is 14.4 Å². The fraction of sp³-hybridized carbons (Fsp3) is 0.316. The molecular formula is C19H20N2O5S. The first-order valence-corrected chi connectivity index (χ1v) is 9.33. The van der Waals surface area contributed by atoms with Crippen LogP contribution in [-0.2, 0) is 33.6 Å². The molecule has 1 aromatic heterocycles. The molecule has 2 aromatic rings. The van der Waals surface area contributed by atoms with E-state index in [0.29, 0.717) is 21.9 Å². The number of methoxy groups -OCH3 is 1. The first-order chi connectivity index (χ1) is 13.0. The average Bonchev–Trinajstić information content (AvgIpc) is 3.20. The third-order valence-corrected chi connectivity index (χ3v) is 5.52. The van der Waals surface area contributed by atoms with E-state index < -0.39 is 24.4 Å². The summed E-state index contributed by atoms with van der Waals surface area (Å²) in [5.74, 6) is -1.03. The number of ether oxygens (including phenoxy) is 2. The zero-order valence-electron chi connectivity index (χ0n) is 14.9. The van der Waals surface area contributed by atoms with Crippen LogP contribution in [0.15, 0.2) is 24.3 Å². The van der Waals surface area contributed by atoms with Crippen LogP contribution in [0.4, 0.5) is 5.00 Å². The van der Waals surface area contributed by atoms with Crippen molar-refractivity contribution in [1.29, 1.82) is 0 Å². The summed E-state index contributed by atoms with van der Waals surface area (Å²) in [5.41, 5.74) is 7.44. The number of carbonyl (C=O) groups excluding carboxylic acids is 3. The number of carbonyl (C=O) groups is 3. The average molecular weight is 388 g/mol. The predicted molar refractivity (Wildman–Crippen MR) is 101 cm³/mol. The lowest BCUT2D eigenvalue weighted by molar-refractivity contribution is -0.146. The van der Waals surface area contributed by atoms with E-state index in [1.807, 2.05) is 0 Å². The molecule has 0 saturated heterocycles. The summed E-state index contributed by atoms with van der Waals surface area (Å²) in [6.45, 7) is -0.436. The fourth-order valence-electron chi connectivity index (χ4n) is 3.12. The number of primary amides is 1. The molecule has 3 N–H and O–H groups in total. The number of thiophene rings is 1. The van der Waals surface area contributed by atoms with Crippen molar-refractivity contribution in [3.8, 4) is 5.75 Å². The number of hydrogen-bond acceptors (Lipinski definition) is 6. The number of rotatable bonds is 7. The van der Waals surface area contributed by atoms with E-state index in [-0.39, 0.29) is 6.42 Å². The molecule has 142 valence electrons. The van der Waals surface area contributed by atoms with Crippen LogP contribution < -0.4 is 15.8 Å². The largest absolute Gasteiger partial charge is 0.496 e. The highest BCUT2D eigenvalue weighted by atomic mass is 32.1. The molecule has 7 nitrogen and oxygen atoms in total. The van der Waals surface area contributed by atoms with E-state index in [4.69, 9.17) is 15.2 Å². The maximum absolute atomic E-state index is 12.1. The number of benzene rings is 1. The number of esters is 1. The summed E-state index contributed by atoms with van der Waals surface area (Å²) in [5, 5.41) is 3.07. The Morgan fingerprint density at radius 3 is 2.74 bits per heavy atom. The number of hydrogen-bond donors (Lipinski definition) is 2. The van der Waals surface area contributed by atoms with Gasteiger partial charge in [-0.1, -0.05) is 18.2 Å². The van der Waals surface area contributed by atoms with Crippen molar-refractivity contribution in [2.75, 3.05) is 19.0 Å². The topological polar surface area (TPSA) is 108 Å². The van der Waals surface area contributed by atoms with Crippen molar-refractivity contribution in [3.63, 3.8) is 0 Å². The first kappa shape index (κ1) is 18.9. The van der Waals surface area contributed by atoms with E-state index in [1.54, 1.807) is 24.3 Å². The molecule has 27 heavy (non-hydrogen) atoms. The van der Waals surface area contributed by atoms with Crippen molar-refractivity contribution in [1.82, 2.24) is 0 Å². The van der Waals surface area contributed by atoms with Gasteiger partial charge in [0.2, 0.25) is 0 Å². The van der Waals surface area contributed by atoms with Crippen LogP contribution in [0.1, 0.15) is 32.8 Å². The van der Waals surface area contributed by atoms with Gasteiger partial charge in [-0.3, -0.25) is 14.4 Å². The number of amides is 2. The van der Waals surface area contributed by atoms with Crippen molar-refractivity contribution < 1.29 is 23.9 Å². The number of para-hydroxylation sites is 1. The lowest BCUT2D eigenvalue weighted by atomic mass is 10.1. The fourth-order valence-corrected chi connectivity index (χ4v) is 4.43. The molecule has 0 unspecified atom stereocenters. The summed E-state index contributed by atoms with van der Waals surface area (Å²) in [6, 6.07) is 7.10. The molecule has 2 amide bonds.